The van der Waals surface area contributed by atoms with Crippen LogP contribution < -0.4 is 10.6 Å². The van der Waals surface area contributed by atoms with E-state index in [2.05, 4.69) is 77.6 Å². The first kappa shape index (κ1) is 25.6. The van der Waals surface area contributed by atoms with Gasteiger partial charge in [0.05, 0.1) is 13.1 Å². The van der Waals surface area contributed by atoms with Gasteiger partial charge in [-0.05, 0) is 44.0 Å². The van der Waals surface area contributed by atoms with E-state index in [9.17, 15) is 0 Å². The molecule has 1 aliphatic rings. The Labute approximate surface area is 203 Å². The second kappa shape index (κ2) is 12.4. The van der Waals surface area contributed by atoms with Crippen LogP contribution in [-0.2, 0) is 25.0 Å². The zero-order chi connectivity index (χ0) is 21.4. The molecule has 1 aliphatic heterocycles. The molecule has 3 rings (SSSR count). The first-order chi connectivity index (χ1) is 14.4. The lowest BCUT2D eigenvalue weighted by atomic mass is 9.97. The predicted molar refractivity (Wildman–Crippen MR) is 136 cm³/mol. The van der Waals surface area contributed by atoms with Gasteiger partial charge >= 0.3 is 0 Å². The molecule has 31 heavy (non-hydrogen) atoms. The average molecular weight is 540 g/mol. The molecule has 7 nitrogen and oxygen atoms in total. The van der Waals surface area contributed by atoms with Crippen LogP contribution in [0.25, 0.3) is 0 Å². The Kier molecular flexibility index (Phi) is 10.2. The number of rotatable bonds is 7. The molecule has 1 aromatic carbocycles. The number of likely N-dealkylation sites (tertiary alicyclic amines) is 1. The second-order valence-corrected chi connectivity index (χ2v) is 8.97. The van der Waals surface area contributed by atoms with Crippen molar-refractivity contribution < 1.29 is 4.52 Å². The SMILES string of the molecule is CCNC(=NCc1ccc(CN2CCCCC2)cc1)NCc1noc(C(C)(C)C)n1.I. The van der Waals surface area contributed by atoms with Gasteiger partial charge in [-0.15, -0.1) is 24.0 Å². The molecule has 0 bridgehead atoms. The number of aromatic nitrogens is 2. The van der Waals surface area contributed by atoms with E-state index >= 15 is 0 Å². The van der Waals surface area contributed by atoms with E-state index < -0.39 is 0 Å². The fourth-order valence-electron chi connectivity index (χ4n) is 3.43. The summed E-state index contributed by atoms with van der Waals surface area (Å²) in [6.45, 7) is 13.6. The summed E-state index contributed by atoms with van der Waals surface area (Å²) in [5.41, 5.74) is 2.43. The Morgan fingerprint density at radius 1 is 1.06 bits per heavy atom. The van der Waals surface area contributed by atoms with Gasteiger partial charge in [-0.2, -0.15) is 4.98 Å². The van der Waals surface area contributed by atoms with Crippen LogP contribution in [0.3, 0.4) is 0 Å². The molecule has 0 aliphatic carbocycles. The lowest BCUT2D eigenvalue weighted by Crippen LogP contribution is -2.37. The predicted octanol–water partition coefficient (Wildman–Crippen LogP) is 4.23. The van der Waals surface area contributed by atoms with Gasteiger partial charge in [-0.25, -0.2) is 4.99 Å². The highest BCUT2D eigenvalue weighted by molar-refractivity contribution is 14.0. The lowest BCUT2D eigenvalue weighted by molar-refractivity contribution is 0.221. The van der Waals surface area contributed by atoms with E-state index in [1.54, 1.807) is 0 Å². The van der Waals surface area contributed by atoms with Crippen molar-refractivity contribution in [2.24, 2.45) is 4.99 Å². The summed E-state index contributed by atoms with van der Waals surface area (Å²) in [5.74, 6) is 2.02. The first-order valence-corrected chi connectivity index (χ1v) is 11.1. The number of benzene rings is 1. The number of hydrogen-bond donors (Lipinski definition) is 2. The molecule has 1 saturated heterocycles. The third-order valence-corrected chi connectivity index (χ3v) is 5.17. The van der Waals surface area contributed by atoms with E-state index in [0.717, 1.165) is 19.0 Å². The summed E-state index contributed by atoms with van der Waals surface area (Å²) >= 11 is 0. The van der Waals surface area contributed by atoms with Gasteiger partial charge in [0.15, 0.2) is 11.8 Å². The van der Waals surface area contributed by atoms with Crippen LogP contribution in [0.1, 0.15) is 69.8 Å². The maximum atomic E-state index is 5.35. The molecule has 1 aromatic heterocycles. The second-order valence-electron chi connectivity index (χ2n) is 8.97. The smallest absolute Gasteiger partial charge is 0.232 e. The average Bonchev–Trinajstić information content (AvgIpc) is 3.22. The van der Waals surface area contributed by atoms with Crippen LogP contribution in [0.4, 0.5) is 0 Å². The zero-order valence-electron chi connectivity index (χ0n) is 19.3. The molecule has 0 radical (unpaired) electrons. The molecule has 8 heteroatoms. The Bertz CT molecular complexity index is 806. The Balaban J connectivity index is 0.00000341. The molecule has 0 amide bonds. The van der Waals surface area contributed by atoms with Crippen molar-refractivity contribution in [1.82, 2.24) is 25.7 Å². The molecule has 2 aromatic rings. The molecular formula is C23H37IN6O. The van der Waals surface area contributed by atoms with Crippen LogP contribution >= 0.6 is 24.0 Å². The summed E-state index contributed by atoms with van der Waals surface area (Å²) in [6.07, 6.45) is 4.03. The quantitative estimate of drug-likeness (QED) is 0.311. The third-order valence-electron chi connectivity index (χ3n) is 5.17. The summed E-state index contributed by atoms with van der Waals surface area (Å²) in [6, 6.07) is 8.82. The highest BCUT2D eigenvalue weighted by Crippen LogP contribution is 2.19. The Morgan fingerprint density at radius 2 is 1.74 bits per heavy atom. The number of nitrogens with one attached hydrogen (secondary N) is 2. The highest BCUT2D eigenvalue weighted by Gasteiger charge is 2.21. The first-order valence-electron chi connectivity index (χ1n) is 11.1. The minimum absolute atomic E-state index is 0. The van der Waals surface area contributed by atoms with E-state index in [1.165, 1.54) is 43.5 Å². The van der Waals surface area contributed by atoms with Gasteiger partial charge < -0.3 is 15.2 Å². The molecule has 0 unspecified atom stereocenters. The van der Waals surface area contributed by atoms with Gasteiger partial charge in [0, 0.05) is 18.5 Å². The Hall–Kier alpha value is -1.68. The lowest BCUT2D eigenvalue weighted by Gasteiger charge is -2.26. The van der Waals surface area contributed by atoms with Gasteiger partial charge in [-0.1, -0.05) is 56.6 Å². The maximum absolute atomic E-state index is 5.35. The van der Waals surface area contributed by atoms with Gasteiger partial charge in [0.25, 0.3) is 0 Å². The van der Waals surface area contributed by atoms with Crippen molar-refractivity contribution in [1.29, 1.82) is 0 Å². The normalized spacial score (nSPS) is 15.4. The van der Waals surface area contributed by atoms with Crippen molar-refractivity contribution in [3.63, 3.8) is 0 Å². The van der Waals surface area contributed by atoms with Gasteiger partial charge in [0.2, 0.25) is 5.89 Å². The molecule has 0 atom stereocenters. The van der Waals surface area contributed by atoms with Crippen molar-refractivity contribution in [3.8, 4) is 0 Å². The molecule has 2 heterocycles. The maximum Gasteiger partial charge on any atom is 0.232 e. The van der Waals surface area contributed by atoms with Crippen LogP contribution in [0.15, 0.2) is 33.8 Å². The van der Waals surface area contributed by atoms with Gasteiger partial charge in [-0.3, -0.25) is 4.90 Å². The topological polar surface area (TPSA) is 78.6 Å². The van der Waals surface area contributed by atoms with E-state index in [-0.39, 0.29) is 29.4 Å². The van der Waals surface area contributed by atoms with Crippen LogP contribution in [0, 0.1) is 0 Å². The van der Waals surface area contributed by atoms with Crippen molar-refractivity contribution in [2.75, 3.05) is 19.6 Å². The van der Waals surface area contributed by atoms with Crippen molar-refractivity contribution in [2.45, 2.75) is 72.0 Å². The Morgan fingerprint density at radius 3 is 2.35 bits per heavy atom. The zero-order valence-corrected chi connectivity index (χ0v) is 21.6. The van der Waals surface area contributed by atoms with Crippen LogP contribution in [0.5, 0.6) is 0 Å². The fraction of sp³-hybridized carbons (Fsp3) is 0.609. The largest absolute Gasteiger partial charge is 0.357 e. The summed E-state index contributed by atoms with van der Waals surface area (Å²) < 4.78 is 5.35. The van der Waals surface area contributed by atoms with Crippen LogP contribution in [0.2, 0.25) is 0 Å². The van der Waals surface area contributed by atoms with E-state index in [0.29, 0.717) is 24.8 Å². The van der Waals surface area contributed by atoms with E-state index in [1.807, 2.05) is 0 Å². The molecule has 1 fully saturated rings. The summed E-state index contributed by atoms with van der Waals surface area (Å²) in [4.78, 5) is 11.7. The number of piperidine rings is 1. The number of halogens is 1. The fourth-order valence-corrected chi connectivity index (χ4v) is 3.43. The monoisotopic (exact) mass is 540 g/mol. The summed E-state index contributed by atoms with van der Waals surface area (Å²) in [5, 5.41) is 10.6. The third kappa shape index (κ3) is 8.40. The standard InChI is InChI=1S/C23H36N6O.HI/c1-5-24-22(26-16-20-27-21(30-28-20)23(2,3)4)25-15-18-9-11-19(12-10-18)17-29-13-7-6-8-14-29;/h9-12H,5-8,13-17H2,1-4H3,(H2,24,25,26);1H. The highest BCUT2D eigenvalue weighted by atomic mass is 127. The van der Waals surface area contributed by atoms with Crippen molar-refractivity contribution in [3.05, 3.63) is 47.1 Å². The molecular weight excluding hydrogens is 503 g/mol. The van der Waals surface area contributed by atoms with Gasteiger partial charge in [0.1, 0.15) is 0 Å². The summed E-state index contributed by atoms with van der Waals surface area (Å²) in [7, 11) is 0. The van der Waals surface area contributed by atoms with Crippen molar-refractivity contribution >= 4 is 29.9 Å². The van der Waals surface area contributed by atoms with E-state index in [4.69, 9.17) is 9.52 Å². The minimum atomic E-state index is -0.149. The molecule has 0 spiro atoms. The number of hydrogen-bond acceptors (Lipinski definition) is 5. The molecule has 172 valence electrons. The van der Waals surface area contributed by atoms with Crippen LogP contribution in [-0.4, -0.2) is 40.6 Å². The molecule has 2 N–H and O–H groups in total. The number of nitrogens with zero attached hydrogens (tertiary/aromatic N) is 4. The molecule has 0 saturated carbocycles. The number of aliphatic imine (C=N–C) groups is 1. The minimum Gasteiger partial charge on any atom is -0.357 e. The number of guanidine groups is 1.